The Morgan fingerprint density at radius 2 is 1.30 bits per heavy atom. The van der Waals surface area contributed by atoms with E-state index in [1.54, 1.807) is 0 Å². The van der Waals surface area contributed by atoms with Crippen LogP contribution >= 0.6 is 66.9 Å². The molecular weight excluding hydrogens is 514 g/mol. The van der Waals surface area contributed by atoms with Gasteiger partial charge in [-0.15, -0.1) is 50.9 Å². The number of nitrogens with zero attached hydrogens (tertiary/aromatic N) is 1. The summed E-state index contributed by atoms with van der Waals surface area (Å²) < 4.78 is 2.23. The molecule has 0 aromatic carbocycles. The van der Waals surface area contributed by atoms with Gasteiger partial charge in [0.2, 0.25) is 4.95 Å². The second-order valence-electron chi connectivity index (χ2n) is 4.67. The number of hydrogen-bond donors (Lipinski definition) is 0. The van der Waals surface area contributed by atoms with Crippen LogP contribution in [0.25, 0.3) is 0 Å². The van der Waals surface area contributed by atoms with Gasteiger partial charge >= 0.3 is 0 Å². The van der Waals surface area contributed by atoms with Gasteiger partial charge in [0.25, 0.3) is 0 Å². The Labute approximate surface area is 164 Å². The highest BCUT2D eigenvalue weighted by Crippen LogP contribution is 2.17. The maximum atomic E-state index is 3.74. The summed E-state index contributed by atoms with van der Waals surface area (Å²) >= 11 is 3.74. The third-order valence-electron chi connectivity index (χ3n) is 3.11. The highest BCUT2D eigenvalue weighted by Gasteiger charge is 2.11. The molecule has 5 heteroatoms. The molecule has 0 aliphatic carbocycles. The van der Waals surface area contributed by atoms with E-state index in [-0.39, 0.29) is 50.9 Å². The van der Waals surface area contributed by atoms with E-state index in [4.69, 9.17) is 0 Å². The number of hydrogen-bond acceptors (Lipinski definition) is 0. The van der Waals surface area contributed by atoms with Crippen LogP contribution < -0.4 is 4.57 Å². The van der Waals surface area contributed by atoms with E-state index in [0.29, 0.717) is 4.95 Å². The zero-order valence-corrected chi connectivity index (χ0v) is 18.9. The zero-order chi connectivity index (χ0) is 12.3. The van der Waals surface area contributed by atoms with Gasteiger partial charge in [0.15, 0.2) is 12.4 Å². The van der Waals surface area contributed by atoms with Crippen LogP contribution in [0.15, 0.2) is 30.6 Å². The predicted molar refractivity (Wildman–Crippen MR) is 108 cm³/mol. The van der Waals surface area contributed by atoms with Crippen LogP contribution in [-0.4, -0.2) is 0 Å². The fourth-order valence-corrected chi connectivity index (χ4v) is 2.61. The number of alkyl halides is 1. The molecule has 0 amide bonds. The number of pyridine rings is 1. The molecule has 0 saturated heterocycles. The third kappa shape index (κ3) is 12.8. The molecule has 1 atom stereocenters. The molecule has 20 heavy (non-hydrogen) atoms. The van der Waals surface area contributed by atoms with Crippen molar-refractivity contribution in [3.8, 4) is 0 Å². The SMILES string of the molecule is Br.Br.Br.CCCCCCCCCC(Br)[n+]1ccccc1. The minimum absolute atomic E-state index is 0. The molecule has 0 N–H and O–H groups in total. The van der Waals surface area contributed by atoms with Crippen molar-refractivity contribution in [3.05, 3.63) is 30.6 Å². The first kappa shape index (κ1) is 26.0. The Kier molecular flexibility index (Phi) is 23.5. The maximum Gasteiger partial charge on any atom is 0.211 e. The first-order valence-corrected chi connectivity index (χ1v) is 7.86. The lowest BCUT2D eigenvalue weighted by Crippen LogP contribution is -2.34. The molecule has 0 radical (unpaired) electrons. The van der Waals surface area contributed by atoms with Gasteiger partial charge in [-0.25, -0.2) is 0 Å². The molecule has 0 aliphatic heterocycles. The van der Waals surface area contributed by atoms with Gasteiger partial charge in [-0.1, -0.05) is 51.5 Å². The van der Waals surface area contributed by atoms with E-state index in [9.17, 15) is 0 Å². The topological polar surface area (TPSA) is 3.88 Å². The second kappa shape index (κ2) is 18.1. The minimum atomic E-state index is 0. The van der Waals surface area contributed by atoms with Crippen molar-refractivity contribution < 1.29 is 4.57 Å². The second-order valence-corrected chi connectivity index (χ2v) is 5.72. The molecule has 0 saturated carbocycles. The van der Waals surface area contributed by atoms with Gasteiger partial charge in [-0.2, -0.15) is 4.57 Å². The molecule has 0 spiro atoms. The van der Waals surface area contributed by atoms with E-state index >= 15 is 0 Å². The summed E-state index contributed by atoms with van der Waals surface area (Å²) in [6.07, 6.45) is 15.2. The van der Waals surface area contributed by atoms with E-state index in [2.05, 4.69) is 58.0 Å². The Bertz CT molecular complexity index is 282. The minimum Gasteiger partial charge on any atom is -0.192 e. The van der Waals surface area contributed by atoms with E-state index in [1.165, 1.54) is 51.4 Å². The highest BCUT2D eigenvalue weighted by atomic mass is 79.9. The van der Waals surface area contributed by atoms with Gasteiger partial charge in [0.1, 0.15) is 0 Å². The Hall–Kier alpha value is 1.07. The molecule has 120 valence electrons. The van der Waals surface area contributed by atoms with Crippen molar-refractivity contribution in [2.24, 2.45) is 0 Å². The van der Waals surface area contributed by atoms with Crippen LogP contribution in [0, 0.1) is 0 Å². The molecular formula is C15H28Br4N+. The highest BCUT2D eigenvalue weighted by molar-refractivity contribution is 9.09. The van der Waals surface area contributed by atoms with Crippen LogP contribution in [0.1, 0.15) is 63.2 Å². The molecule has 0 aliphatic rings. The average Bonchev–Trinajstić information content (AvgIpc) is 2.38. The molecule has 1 rings (SSSR count). The van der Waals surface area contributed by atoms with E-state index < -0.39 is 0 Å². The largest absolute Gasteiger partial charge is 0.211 e. The van der Waals surface area contributed by atoms with Gasteiger partial charge in [-0.3, -0.25) is 0 Å². The van der Waals surface area contributed by atoms with Crippen molar-refractivity contribution in [3.63, 3.8) is 0 Å². The van der Waals surface area contributed by atoms with Gasteiger partial charge in [-0.05, 0) is 22.4 Å². The van der Waals surface area contributed by atoms with Gasteiger partial charge in [0.05, 0.1) is 0 Å². The van der Waals surface area contributed by atoms with Gasteiger partial charge < -0.3 is 0 Å². The standard InChI is InChI=1S/C15H25BrN.3BrH/c1-2-3-4-5-6-7-9-12-15(16)17-13-10-8-11-14-17;;;/h8,10-11,13-15H,2-7,9,12H2,1H3;3*1H/q+1;;;. The molecule has 0 fully saturated rings. The number of aromatic nitrogens is 1. The van der Waals surface area contributed by atoms with Gasteiger partial charge in [0, 0.05) is 18.6 Å². The molecule has 1 heterocycles. The summed E-state index contributed by atoms with van der Waals surface area (Å²) in [6, 6.07) is 6.22. The summed E-state index contributed by atoms with van der Waals surface area (Å²) in [7, 11) is 0. The smallest absolute Gasteiger partial charge is 0.192 e. The van der Waals surface area contributed by atoms with Crippen LogP contribution in [0.2, 0.25) is 0 Å². The van der Waals surface area contributed by atoms with Crippen molar-refractivity contribution >= 4 is 66.9 Å². The normalized spacial score (nSPS) is 10.7. The third-order valence-corrected chi connectivity index (χ3v) is 4.04. The lowest BCUT2D eigenvalue weighted by Gasteiger charge is -2.05. The Morgan fingerprint density at radius 3 is 1.85 bits per heavy atom. The zero-order valence-electron chi connectivity index (χ0n) is 12.2. The quantitative estimate of drug-likeness (QED) is 0.185. The molecule has 1 unspecified atom stereocenters. The van der Waals surface area contributed by atoms with Crippen LogP contribution in [0.3, 0.4) is 0 Å². The number of unbranched alkanes of at least 4 members (excludes halogenated alkanes) is 6. The molecule has 1 nitrogen and oxygen atoms in total. The summed E-state index contributed by atoms with van der Waals surface area (Å²) in [6.45, 7) is 2.27. The first-order valence-electron chi connectivity index (χ1n) is 6.94. The van der Waals surface area contributed by atoms with E-state index in [1.807, 2.05) is 0 Å². The Balaban J connectivity index is -0.000000963. The summed E-state index contributed by atoms with van der Waals surface area (Å²) in [4.78, 5) is 0.458. The van der Waals surface area contributed by atoms with Crippen molar-refractivity contribution in [1.29, 1.82) is 0 Å². The lowest BCUT2D eigenvalue weighted by molar-refractivity contribution is -0.698. The molecule has 0 bridgehead atoms. The maximum absolute atomic E-state index is 3.74. The van der Waals surface area contributed by atoms with Crippen molar-refractivity contribution in [2.45, 2.75) is 63.2 Å². The summed E-state index contributed by atoms with van der Waals surface area (Å²) in [5.74, 6) is 0. The molecule has 1 aromatic rings. The first-order chi connectivity index (χ1) is 8.34. The lowest BCUT2D eigenvalue weighted by atomic mass is 10.1. The Morgan fingerprint density at radius 1 is 0.800 bits per heavy atom. The van der Waals surface area contributed by atoms with Crippen LogP contribution in [0.5, 0.6) is 0 Å². The van der Waals surface area contributed by atoms with Crippen LogP contribution in [0.4, 0.5) is 0 Å². The fourth-order valence-electron chi connectivity index (χ4n) is 2.02. The predicted octanol–water partition coefficient (Wildman–Crippen LogP) is 6.74. The summed E-state index contributed by atoms with van der Waals surface area (Å²) in [5.41, 5.74) is 0. The number of halogens is 4. The molecule has 1 aromatic heterocycles. The van der Waals surface area contributed by atoms with E-state index in [0.717, 1.165) is 0 Å². The van der Waals surface area contributed by atoms with Crippen LogP contribution in [-0.2, 0) is 0 Å². The van der Waals surface area contributed by atoms with Crippen molar-refractivity contribution in [2.75, 3.05) is 0 Å². The average molecular weight is 542 g/mol. The summed E-state index contributed by atoms with van der Waals surface area (Å²) in [5, 5.41) is 0. The van der Waals surface area contributed by atoms with Crippen molar-refractivity contribution in [1.82, 2.24) is 0 Å². The monoisotopic (exact) mass is 538 g/mol. The fraction of sp³-hybridized carbons (Fsp3) is 0.667. The number of rotatable bonds is 9.